The van der Waals surface area contributed by atoms with Crippen LogP contribution in [0.2, 0.25) is 0 Å². The summed E-state index contributed by atoms with van der Waals surface area (Å²) in [6.45, 7) is 0.0572. The highest BCUT2D eigenvalue weighted by atomic mass is 79.9. The molecule has 1 aliphatic rings. The normalized spacial score (nSPS) is 20.4. The summed E-state index contributed by atoms with van der Waals surface area (Å²) in [5.41, 5.74) is 0.930. The van der Waals surface area contributed by atoms with Gasteiger partial charge in [-0.2, -0.15) is 13.2 Å². The van der Waals surface area contributed by atoms with Gasteiger partial charge in [0, 0.05) is 4.88 Å². The molecular formula is C11H11BrF3NOS. The third-order valence-electron chi connectivity index (χ3n) is 3.03. The molecule has 0 aromatic carbocycles. The van der Waals surface area contributed by atoms with E-state index in [1.807, 2.05) is 11.4 Å². The Morgan fingerprint density at radius 2 is 2.28 bits per heavy atom. The maximum absolute atomic E-state index is 13.0. The Bertz CT molecular complexity index is 446. The van der Waals surface area contributed by atoms with Crippen molar-refractivity contribution < 1.29 is 18.0 Å². The molecule has 0 aliphatic carbocycles. The number of rotatable bonds is 1. The molecule has 0 fully saturated rings. The van der Waals surface area contributed by atoms with E-state index in [1.54, 1.807) is 0 Å². The molecule has 2 nitrogen and oxygen atoms in total. The number of thiophene rings is 1. The van der Waals surface area contributed by atoms with E-state index in [0.717, 1.165) is 15.3 Å². The summed E-state index contributed by atoms with van der Waals surface area (Å²) >= 11 is 4.35. The van der Waals surface area contributed by atoms with E-state index in [2.05, 4.69) is 15.9 Å². The highest BCUT2D eigenvalue weighted by Gasteiger charge is 2.46. The number of aryl methyl sites for hydroxylation is 1. The number of nitrogens with zero attached hydrogens (tertiary/aromatic N) is 1. The molecule has 0 unspecified atom stereocenters. The van der Waals surface area contributed by atoms with Crippen LogP contribution < -0.4 is 0 Å². The summed E-state index contributed by atoms with van der Waals surface area (Å²) in [4.78, 5) is 13.5. The first-order valence-electron chi connectivity index (χ1n) is 5.41. The Morgan fingerprint density at radius 1 is 1.56 bits per heavy atom. The first-order chi connectivity index (χ1) is 8.43. The highest BCUT2D eigenvalue weighted by molar-refractivity contribution is 9.09. The molecule has 100 valence electrons. The molecule has 1 atom stereocenters. The predicted octanol–water partition coefficient (Wildman–Crippen LogP) is 3.35. The van der Waals surface area contributed by atoms with Gasteiger partial charge in [0.2, 0.25) is 5.91 Å². The minimum absolute atomic E-state index is 0.0572. The zero-order valence-corrected chi connectivity index (χ0v) is 11.7. The summed E-state index contributed by atoms with van der Waals surface area (Å²) in [5.74, 6) is -0.515. The van der Waals surface area contributed by atoms with E-state index < -0.39 is 18.1 Å². The average molecular weight is 342 g/mol. The van der Waals surface area contributed by atoms with Gasteiger partial charge in [-0.1, -0.05) is 15.9 Å². The van der Waals surface area contributed by atoms with E-state index in [1.165, 1.54) is 11.3 Å². The van der Waals surface area contributed by atoms with Crippen molar-refractivity contribution in [3.8, 4) is 0 Å². The number of carbonyl (C=O) groups excluding carboxylic acids is 1. The second-order valence-corrected chi connectivity index (χ2v) is 5.68. The standard InChI is InChI=1S/C11H11BrF3NOS/c12-5-10(17)16-6-8-7(3-4-18-8)1-2-9(16)11(13,14)15/h3-4,9H,1-2,5-6H2/t9-/m0/s1. The third kappa shape index (κ3) is 2.71. The van der Waals surface area contributed by atoms with Crippen molar-refractivity contribution in [3.05, 3.63) is 21.9 Å². The van der Waals surface area contributed by atoms with Gasteiger partial charge in [-0.05, 0) is 29.9 Å². The fourth-order valence-electron chi connectivity index (χ4n) is 2.12. The van der Waals surface area contributed by atoms with Crippen LogP contribution in [0.4, 0.5) is 13.2 Å². The van der Waals surface area contributed by atoms with Crippen molar-refractivity contribution >= 4 is 33.2 Å². The molecule has 1 amide bonds. The Kier molecular flexibility index (Phi) is 4.01. The highest BCUT2D eigenvalue weighted by Crippen LogP contribution is 2.34. The molecule has 0 saturated carbocycles. The van der Waals surface area contributed by atoms with Crippen molar-refractivity contribution in [1.29, 1.82) is 0 Å². The monoisotopic (exact) mass is 341 g/mol. The van der Waals surface area contributed by atoms with Crippen LogP contribution in [-0.2, 0) is 17.8 Å². The quantitative estimate of drug-likeness (QED) is 0.717. The molecule has 0 spiro atoms. The predicted molar refractivity (Wildman–Crippen MR) is 66.8 cm³/mol. The molecule has 0 bridgehead atoms. The first kappa shape index (κ1) is 13.9. The molecule has 0 radical (unpaired) electrons. The molecule has 1 aliphatic heterocycles. The Labute approximate surface area is 115 Å². The SMILES string of the molecule is O=C(CBr)N1Cc2sccc2CC[C@H]1C(F)(F)F. The fourth-order valence-corrected chi connectivity index (χ4v) is 3.37. The summed E-state index contributed by atoms with van der Waals surface area (Å²) in [7, 11) is 0. The summed E-state index contributed by atoms with van der Waals surface area (Å²) < 4.78 is 39.0. The maximum atomic E-state index is 13.0. The Hall–Kier alpha value is -0.560. The number of amides is 1. The third-order valence-corrected chi connectivity index (χ3v) is 4.46. The maximum Gasteiger partial charge on any atom is 0.408 e. The molecule has 2 heterocycles. The van der Waals surface area contributed by atoms with Crippen molar-refractivity contribution in [1.82, 2.24) is 4.90 Å². The van der Waals surface area contributed by atoms with Gasteiger partial charge >= 0.3 is 6.18 Å². The van der Waals surface area contributed by atoms with Crippen molar-refractivity contribution in [2.24, 2.45) is 0 Å². The summed E-state index contributed by atoms with van der Waals surface area (Å²) in [6.07, 6.45) is -4.06. The van der Waals surface area contributed by atoms with E-state index in [4.69, 9.17) is 0 Å². The van der Waals surface area contributed by atoms with Crippen LogP contribution >= 0.6 is 27.3 Å². The van der Waals surface area contributed by atoms with E-state index in [0.29, 0.717) is 6.42 Å². The second-order valence-electron chi connectivity index (χ2n) is 4.12. The summed E-state index contributed by atoms with van der Waals surface area (Å²) in [5, 5.41) is 1.77. The zero-order chi connectivity index (χ0) is 13.3. The number of alkyl halides is 4. The summed E-state index contributed by atoms with van der Waals surface area (Å²) in [6, 6.07) is 0.164. The minimum atomic E-state index is -4.37. The van der Waals surface area contributed by atoms with Crippen LogP contribution in [0.1, 0.15) is 16.9 Å². The van der Waals surface area contributed by atoms with Crippen LogP contribution in [0.15, 0.2) is 11.4 Å². The molecule has 2 rings (SSSR count). The van der Waals surface area contributed by atoms with Gasteiger partial charge in [0.05, 0.1) is 11.9 Å². The topological polar surface area (TPSA) is 20.3 Å². The van der Waals surface area contributed by atoms with Gasteiger partial charge in [0.1, 0.15) is 6.04 Å². The number of halogens is 4. The largest absolute Gasteiger partial charge is 0.408 e. The molecule has 1 aromatic heterocycles. The smallest absolute Gasteiger partial charge is 0.325 e. The fraction of sp³-hybridized carbons (Fsp3) is 0.545. The number of hydrogen-bond donors (Lipinski definition) is 0. The Balaban J connectivity index is 2.32. The lowest BCUT2D eigenvalue weighted by Crippen LogP contribution is -2.48. The molecule has 18 heavy (non-hydrogen) atoms. The van der Waals surface area contributed by atoms with Crippen LogP contribution in [0.5, 0.6) is 0 Å². The Morgan fingerprint density at radius 3 is 2.89 bits per heavy atom. The van der Waals surface area contributed by atoms with Crippen LogP contribution in [0.25, 0.3) is 0 Å². The lowest BCUT2D eigenvalue weighted by Gasteiger charge is -2.31. The number of hydrogen-bond acceptors (Lipinski definition) is 2. The van der Waals surface area contributed by atoms with Gasteiger partial charge in [-0.25, -0.2) is 0 Å². The molecule has 7 heteroatoms. The number of fused-ring (bicyclic) bond motifs is 1. The van der Waals surface area contributed by atoms with E-state index in [-0.39, 0.29) is 18.3 Å². The molecule has 1 aromatic rings. The van der Waals surface area contributed by atoms with Crippen molar-refractivity contribution in [3.63, 3.8) is 0 Å². The van der Waals surface area contributed by atoms with Crippen LogP contribution in [0.3, 0.4) is 0 Å². The van der Waals surface area contributed by atoms with Gasteiger partial charge in [-0.15, -0.1) is 11.3 Å². The van der Waals surface area contributed by atoms with Crippen LogP contribution in [0, 0.1) is 0 Å². The zero-order valence-electron chi connectivity index (χ0n) is 9.34. The average Bonchev–Trinajstić information content (AvgIpc) is 2.65. The van der Waals surface area contributed by atoms with Gasteiger partial charge in [0.25, 0.3) is 0 Å². The lowest BCUT2D eigenvalue weighted by molar-refractivity contribution is -0.190. The lowest BCUT2D eigenvalue weighted by atomic mass is 10.1. The number of carbonyl (C=O) groups is 1. The van der Waals surface area contributed by atoms with E-state index >= 15 is 0 Å². The van der Waals surface area contributed by atoms with Gasteiger partial charge in [-0.3, -0.25) is 4.79 Å². The molecule has 0 N–H and O–H groups in total. The molecule has 0 saturated heterocycles. The van der Waals surface area contributed by atoms with E-state index in [9.17, 15) is 18.0 Å². The van der Waals surface area contributed by atoms with Crippen molar-refractivity contribution in [2.75, 3.05) is 5.33 Å². The van der Waals surface area contributed by atoms with Crippen molar-refractivity contribution in [2.45, 2.75) is 31.6 Å². The van der Waals surface area contributed by atoms with Gasteiger partial charge in [0.15, 0.2) is 0 Å². The molecular weight excluding hydrogens is 331 g/mol. The van der Waals surface area contributed by atoms with Crippen LogP contribution in [-0.4, -0.2) is 28.4 Å². The second kappa shape index (κ2) is 5.21. The first-order valence-corrected chi connectivity index (χ1v) is 7.41. The van der Waals surface area contributed by atoms with Gasteiger partial charge < -0.3 is 4.90 Å². The minimum Gasteiger partial charge on any atom is -0.325 e.